The van der Waals surface area contributed by atoms with Gasteiger partial charge in [-0.1, -0.05) is 24.3 Å². The molecule has 2 aromatic rings. The van der Waals surface area contributed by atoms with E-state index in [1.165, 1.54) is 11.1 Å². The largest absolute Gasteiger partial charge is 0.496 e. The van der Waals surface area contributed by atoms with E-state index >= 15 is 0 Å². The summed E-state index contributed by atoms with van der Waals surface area (Å²) in [5.41, 5.74) is 2.45. The Labute approximate surface area is 113 Å². The van der Waals surface area contributed by atoms with Crippen LogP contribution in [0.2, 0.25) is 0 Å². The predicted octanol–water partition coefficient (Wildman–Crippen LogP) is 2.48. The van der Waals surface area contributed by atoms with Crippen molar-refractivity contribution in [3.05, 3.63) is 53.7 Å². The fourth-order valence-electron chi connectivity index (χ4n) is 2.40. The SMILES string of the molecule is COc1ccccc1CN1CNc2ncccc2C1. The number of pyridine rings is 1. The third-order valence-electron chi connectivity index (χ3n) is 3.34. The molecule has 0 unspecified atom stereocenters. The molecule has 0 saturated heterocycles. The van der Waals surface area contributed by atoms with Gasteiger partial charge in [-0.05, 0) is 12.1 Å². The van der Waals surface area contributed by atoms with Crippen LogP contribution < -0.4 is 10.1 Å². The summed E-state index contributed by atoms with van der Waals surface area (Å²) >= 11 is 0. The molecular formula is C15H17N3O. The van der Waals surface area contributed by atoms with E-state index < -0.39 is 0 Å². The molecule has 2 heterocycles. The molecule has 1 N–H and O–H groups in total. The summed E-state index contributed by atoms with van der Waals surface area (Å²) in [4.78, 5) is 6.67. The van der Waals surface area contributed by atoms with E-state index in [-0.39, 0.29) is 0 Å². The van der Waals surface area contributed by atoms with Crippen LogP contribution in [-0.2, 0) is 13.1 Å². The van der Waals surface area contributed by atoms with E-state index in [0.717, 1.165) is 31.3 Å². The highest BCUT2D eigenvalue weighted by molar-refractivity contribution is 5.45. The lowest BCUT2D eigenvalue weighted by Gasteiger charge is -2.29. The van der Waals surface area contributed by atoms with Gasteiger partial charge in [-0.25, -0.2) is 4.98 Å². The number of methoxy groups -OCH3 is 1. The maximum Gasteiger partial charge on any atom is 0.131 e. The number of nitrogens with zero attached hydrogens (tertiary/aromatic N) is 2. The van der Waals surface area contributed by atoms with Gasteiger partial charge in [0.1, 0.15) is 11.6 Å². The molecule has 1 aromatic carbocycles. The summed E-state index contributed by atoms with van der Waals surface area (Å²) < 4.78 is 5.40. The van der Waals surface area contributed by atoms with Gasteiger partial charge >= 0.3 is 0 Å². The molecular weight excluding hydrogens is 238 g/mol. The van der Waals surface area contributed by atoms with Crippen LogP contribution in [0.15, 0.2) is 42.6 Å². The molecule has 3 rings (SSSR count). The first-order valence-corrected chi connectivity index (χ1v) is 6.39. The number of hydrogen-bond donors (Lipinski definition) is 1. The maximum absolute atomic E-state index is 5.40. The lowest BCUT2D eigenvalue weighted by Crippen LogP contribution is -2.33. The normalized spacial score (nSPS) is 14.6. The van der Waals surface area contributed by atoms with E-state index in [9.17, 15) is 0 Å². The minimum atomic E-state index is 0.808. The zero-order valence-corrected chi connectivity index (χ0v) is 11.0. The van der Waals surface area contributed by atoms with Gasteiger partial charge in [0.05, 0.1) is 13.8 Å². The standard InChI is InChI=1S/C15H17N3O/c1-19-14-7-3-2-5-12(14)9-18-10-13-6-4-8-16-15(13)17-11-18/h2-8H,9-11H2,1H3,(H,16,17). The van der Waals surface area contributed by atoms with Crippen LogP contribution in [0.3, 0.4) is 0 Å². The van der Waals surface area contributed by atoms with Crippen molar-refractivity contribution in [2.75, 3.05) is 19.1 Å². The van der Waals surface area contributed by atoms with Crippen LogP contribution >= 0.6 is 0 Å². The Kier molecular flexibility index (Phi) is 3.33. The minimum Gasteiger partial charge on any atom is -0.496 e. The van der Waals surface area contributed by atoms with Crippen LogP contribution in [0.5, 0.6) is 5.75 Å². The lowest BCUT2D eigenvalue weighted by molar-refractivity contribution is 0.261. The number of rotatable bonds is 3. The van der Waals surface area contributed by atoms with Gasteiger partial charge in [0.2, 0.25) is 0 Å². The molecule has 98 valence electrons. The average molecular weight is 255 g/mol. The van der Waals surface area contributed by atoms with E-state index in [1.54, 1.807) is 7.11 Å². The molecule has 0 radical (unpaired) electrons. The summed E-state index contributed by atoms with van der Waals surface area (Å²) in [6.45, 7) is 2.58. The predicted molar refractivity (Wildman–Crippen MR) is 75.0 cm³/mol. The molecule has 19 heavy (non-hydrogen) atoms. The van der Waals surface area contributed by atoms with Crippen molar-refractivity contribution >= 4 is 5.82 Å². The number of anilines is 1. The van der Waals surface area contributed by atoms with Crippen molar-refractivity contribution in [1.29, 1.82) is 0 Å². The molecule has 4 heteroatoms. The number of nitrogens with one attached hydrogen (secondary N) is 1. The van der Waals surface area contributed by atoms with Gasteiger partial charge in [-0.15, -0.1) is 0 Å². The summed E-state index contributed by atoms with van der Waals surface area (Å²) in [7, 11) is 1.71. The third kappa shape index (κ3) is 2.53. The molecule has 0 atom stereocenters. The Morgan fingerprint density at radius 3 is 3.05 bits per heavy atom. The smallest absolute Gasteiger partial charge is 0.131 e. The molecule has 0 fully saturated rings. The fourth-order valence-corrected chi connectivity index (χ4v) is 2.40. The maximum atomic E-state index is 5.40. The number of fused-ring (bicyclic) bond motifs is 1. The van der Waals surface area contributed by atoms with Crippen molar-refractivity contribution < 1.29 is 4.74 Å². The van der Waals surface area contributed by atoms with Gasteiger partial charge in [-0.2, -0.15) is 0 Å². The Balaban J connectivity index is 1.75. The summed E-state index contributed by atoms with van der Waals surface area (Å²) in [5.74, 6) is 1.94. The van der Waals surface area contributed by atoms with E-state index in [2.05, 4.69) is 27.3 Å². The monoisotopic (exact) mass is 255 g/mol. The number of hydrogen-bond acceptors (Lipinski definition) is 4. The quantitative estimate of drug-likeness (QED) is 0.914. The molecule has 0 amide bonds. The van der Waals surface area contributed by atoms with Gasteiger partial charge in [0, 0.05) is 30.4 Å². The van der Waals surface area contributed by atoms with Crippen molar-refractivity contribution in [3.8, 4) is 5.75 Å². The highest BCUT2D eigenvalue weighted by Crippen LogP contribution is 2.24. The topological polar surface area (TPSA) is 37.4 Å². The second-order valence-corrected chi connectivity index (χ2v) is 4.64. The Hall–Kier alpha value is -2.07. The van der Waals surface area contributed by atoms with Gasteiger partial charge < -0.3 is 10.1 Å². The molecule has 0 aliphatic carbocycles. The van der Waals surface area contributed by atoms with E-state index in [1.807, 2.05) is 30.5 Å². The van der Waals surface area contributed by atoms with Crippen molar-refractivity contribution in [1.82, 2.24) is 9.88 Å². The van der Waals surface area contributed by atoms with Crippen molar-refractivity contribution in [2.24, 2.45) is 0 Å². The van der Waals surface area contributed by atoms with Gasteiger partial charge in [0.25, 0.3) is 0 Å². The second kappa shape index (κ2) is 5.28. The summed E-state index contributed by atoms with van der Waals surface area (Å²) in [6.07, 6.45) is 1.82. The molecule has 1 aliphatic rings. The third-order valence-corrected chi connectivity index (χ3v) is 3.34. The first-order valence-electron chi connectivity index (χ1n) is 6.39. The molecule has 1 aromatic heterocycles. The zero-order chi connectivity index (χ0) is 13.1. The van der Waals surface area contributed by atoms with Crippen LogP contribution in [0.4, 0.5) is 5.82 Å². The average Bonchev–Trinajstić information content (AvgIpc) is 2.48. The van der Waals surface area contributed by atoms with E-state index in [4.69, 9.17) is 4.74 Å². The Morgan fingerprint density at radius 2 is 2.16 bits per heavy atom. The van der Waals surface area contributed by atoms with E-state index in [0.29, 0.717) is 0 Å². The number of aromatic nitrogens is 1. The van der Waals surface area contributed by atoms with Crippen molar-refractivity contribution in [2.45, 2.75) is 13.1 Å². The van der Waals surface area contributed by atoms with Gasteiger partial charge in [-0.3, -0.25) is 4.90 Å². The summed E-state index contributed by atoms with van der Waals surface area (Å²) in [5, 5.41) is 3.34. The molecule has 1 aliphatic heterocycles. The molecule has 0 spiro atoms. The Morgan fingerprint density at radius 1 is 1.26 bits per heavy atom. The lowest BCUT2D eigenvalue weighted by atomic mass is 10.1. The number of para-hydroxylation sites is 1. The number of benzene rings is 1. The van der Waals surface area contributed by atoms with Crippen LogP contribution in [0, 0.1) is 0 Å². The molecule has 0 bridgehead atoms. The molecule has 0 saturated carbocycles. The second-order valence-electron chi connectivity index (χ2n) is 4.64. The van der Waals surface area contributed by atoms with Gasteiger partial charge in [0.15, 0.2) is 0 Å². The van der Waals surface area contributed by atoms with Crippen molar-refractivity contribution in [3.63, 3.8) is 0 Å². The molecule has 4 nitrogen and oxygen atoms in total. The first-order chi connectivity index (χ1) is 9.36. The highest BCUT2D eigenvalue weighted by atomic mass is 16.5. The van der Waals surface area contributed by atoms with Crippen LogP contribution in [0.25, 0.3) is 0 Å². The minimum absolute atomic E-state index is 0.808. The highest BCUT2D eigenvalue weighted by Gasteiger charge is 2.17. The fraction of sp³-hybridized carbons (Fsp3) is 0.267. The Bertz CT molecular complexity index is 571. The number of ether oxygens (including phenoxy) is 1. The van der Waals surface area contributed by atoms with Crippen LogP contribution in [0.1, 0.15) is 11.1 Å². The first kappa shape index (κ1) is 12.0. The van der Waals surface area contributed by atoms with Crippen LogP contribution in [-0.4, -0.2) is 23.7 Å². The summed E-state index contributed by atoms with van der Waals surface area (Å²) in [6, 6.07) is 12.2. The zero-order valence-electron chi connectivity index (χ0n) is 11.0.